The molecule has 0 aliphatic heterocycles. The minimum Gasteiger partial charge on any atom is -0.467 e. The van der Waals surface area contributed by atoms with Gasteiger partial charge in [0.15, 0.2) is 12.6 Å². The third-order valence-electron chi connectivity index (χ3n) is 3.48. The van der Waals surface area contributed by atoms with Crippen LogP contribution in [0.5, 0.6) is 5.75 Å². The summed E-state index contributed by atoms with van der Waals surface area (Å²) in [6.07, 6.45) is 3.22. The zero-order chi connectivity index (χ0) is 17.9. The van der Waals surface area contributed by atoms with Crippen LogP contribution >= 0.6 is 0 Å². The first-order valence-electron chi connectivity index (χ1n) is 7.95. The number of benzene rings is 2. The van der Waals surface area contributed by atoms with E-state index in [1.165, 1.54) is 6.08 Å². The van der Waals surface area contributed by atoms with E-state index in [-0.39, 0.29) is 19.2 Å². The Morgan fingerprint density at radius 1 is 1.08 bits per heavy atom. The van der Waals surface area contributed by atoms with Crippen LogP contribution in [-0.2, 0) is 16.1 Å². The third kappa shape index (κ3) is 6.15. The van der Waals surface area contributed by atoms with Crippen molar-refractivity contribution in [3.05, 3.63) is 71.3 Å². The van der Waals surface area contributed by atoms with Gasteiger partial charge in [-0.3, -0.25) is 4.79 Å². The molecule has 0 atom stereocenters. The van der Waals surface area contributed by atoms with Crippen LogP contribution in [0.3, 0.4) is 0 Å². The first kappa shape index (κ1) is 18.9. The molecule has 1 N–H and O–H groups in total. The third-order valence-corrected chi connectivity index (χ3v) is 3.48. The van der Waals surface area contributed by atoms with Crippen LogP contribution in [0.25, 0.3) is 6.08 Å². The number of aliphatic hydroxyl groups is 1. The van der Waals surface area contributed by atoms with Gasteiger partial charge in [-0.15, -0.1) is 0 Å². The summed E-state index contributed by atoms with van der Waals surface area (Å²) in [4.78, 5) is 12.2. The molecule has 0 spiro atoms. The lowest BCUT2D eigenvalue weighted by atomic mass is 10.1. The zero-order valence-electron chi connectivity index (χ0n) is 14.2. The second-order valence-electron chi connectivity index (χ2n) is 5.25. The van der Waals surface area contributed by atoms with Gasteiger partial charge in [0.2, 0.25) is 0 Å². The van der Waals surface area contributed by atoms with Gasteiger partial charge in [-0.25, -0.2) is 0 Å². The van der Waals surface area contributed by atoms with Gasteiger partial charge in [0.25, 0.3) is 0 Å². The van der Waals surface area contributed by atoms with Crippen molar-refractivity contribution in [3.8, 4) is 5.75 Å². The van der Waals surface area contributed by atoms with Crippen molar-refractivity contribution in [1.29, 1.82) is 0 Å². The molecular weight excluding hydrogens is 320 g/mol. The first-order valence-corrected chi connectivity index (χ1v) is 7.95. The van der Waals surface area contributed by atoms with Crippen molar-refractivity contribution in [1.82, 2.24) is 0 Å². The van der Waals surface area contributed by atoms with Crippen molar-refractivity contribution in [2.75, 3.05) is 27.1 Å². The standard InChI is InChI=1S/C20H22O5/c1-23-12-13-24-15-25-20-5-3-2-4-18(20)10-11-19(22)17-8-6-16(14-21)7-9-17/h2-11,21H,12-15H2,1H3. The van der Waals surface area contributed by atoms with E-state index < -0.39 is 0 Å². The van der Waals surface area contributed by atoms with Crippen molar-refractivity contribution < 1.29 is 24.1 Å². The largest absolute Gasteiger partial charge is 0.467 e. The monoisotopic (exact) mass is 342 g/mol. The van der Waals surface area contributed by atoms with E-state index in [1.807, 2.05) is 24.3 Å². The highest BCUT2D eigenvalue weighted by atomic mass is 16.7. The fourth-order valence-corrected chi connectivity index (χ4v) is 2.09. The molecule has 2 rings (SSSR count). The van der Waals surface area contributed by atoms with E-state index in [2.05, 4.69) is 0 Å². The molecule has 0 saturated heterocycles. The molecule has 0 radical (unpaired) electrons. The maximum absolute atomic E-state index is 12.2. The quantitative estimate of drug-likeness (QED) is 0.311. The summed E-state index contributed by atoms with van der Waals surface area (Å²) in [7, 11) is 1.61. The molecule has 25 heavy (non-hydrogen) atoms. The first-order chi connectivity index (χ1) is 12.2. The average molecular weight is 342 g/mol. The van der Waals surface area contributed by atoms with E-state index >= 15 is 0 Å². The van der Waals surface area contributed by atoms with E-state index in [0.717, 1.165) is 11.1 Å². The Hall–Kier alpha value is -2.47. The molecule has 0 bridgehead atoms. The lowest BCUT2D eigenvalue weighted by molar-refractivity contribution is -0.00855. The smallest absolute Gasteiger partial charge is 0.189 e. The van der Waals surface area contributed by atoms with Gasteiger partial charge in [-0.05, 0) is 23.8 Å². The molecule has 0 amide bonds. The van der Waals surface area contributed by atoms with Gasteiger partial charge >= 0.3 is 0 Å². The van der Waals surface area contributed by atoms with Crippen LogP contribution in [0.2, 0.25) is 0 Å². The second-order valence-corrected chi connectivity index (χ2v) is 5.25. The summed E-state index contributed by atoms with van der Waals surface area (Å²) in [5, 5.41) is 9.04. The van der Waals surface area contributed by atoms with Gasteiger partial charge in [-0.1, -0.05) is 42.5 Å². The van der Waals surface area contributed by atoms with Crippen molar-refractivity contribution in [2.45, 2.75) is 6.61 Å². The Bertz CT molecular complexity index is 691. The zero-order valence-corrected chi connectivity index (χ0v) is 14.2. The number of ether oxygens (including phenoxy) is 3. The molecule has 0 heterocycles. The Labute approximate surface area is 147 Å². The predicted octanol–water partition coefficient (Wildman–Crippen LogP) is 3.07. The molecule has 0 fully saturated rings. The van der Waals surface area contributed by atoms with Gasteiger partial charge in [0, 0.05) is 18.2 Å². The molecule has 0 unspecified atom stereocenters. The van der Waals surface area contributed by atoms with Crippen LogP contribution in [-0.4, -0.2) is 38.0 Å². The van der Waals surface area contributed by atoms with Crippen molar-refractivity contribution in [3.63, 3.8) is 0 Å². The highest BCUT2D eigenvalue weighted by Crippen LogP contribution is 2.20. The molecule has 2 aromatic rings. The molecule has 5 nitrogen and oxygen atoms in total. The summed E-state index contributed by atoms with van der Waals surface area (Å²) in [5.41, 5.74) is 2.13. The predicted molar refractivity (Wildman–Crippen MR) is 95.5 cm³/mol. The molecule has 0 saturated carbocycles. The lowest BCUT2D eigenvalue weighted by Crippen LogP contribution is -2.08. The lowest BCUT2D eigenvalue weighted by Gasteiger charge is -2.09. The van der Waals surface area contributed by atoms with Crippen LogP contribution in [0.4, 0.5) is 0 Å². The fourth-order valence-electron chi connectivity index (χ4n) is 2.09. The van der Waals surface area contributed by atoms with Crippen LogP contribution in [0.15, 0.2) is 54.6 Å². The molecule has 2 aromatic carbocycles. The number of ketones is 1. The molecule has 0 aliphatic carbocycles. The number of para-hydroxylation sites is 1. The maximum Gasteiger partial charge on any atom is 0.189 e. The number of rotatable bonds is 10. The number of hydrogen-bond donors (Lipinski definition) is 1. The van der Waals surface area contributed by atoms with E-state index in [0.29, 0.717) is 24.5 Å². The maximum atomic E-state index is 12.2. The van der Waals surface area contributed by atoms with E-state index in [4.69, 9.17) is 19.3 Å². The van der Waals surface area contributed by atoms with Crippen LogP contribution in [0.1, 0.15) is 21.5 Å². The second kappa shape index (κ2) is 10.4. The number of carbonyl (C=O) groups is 1. The van der Waals surface area contributed by atoms with Gasteiger partial charge < -0.3 is 19.3 Å². The average Bonchev–Trinajstić information content (AvgIpc) is 2.66. The number of aliphatic hydroxyl groups excluding tert-OH is 1. The van der Waals surface area contributed by atoms with Gasteiger partial charge in [-0.2, -0.15) is 0 Å². The molecule has 0 aromatic heterocycles. The summed E-state index contributed by atoms with van der Waals surface area (Å²) >= 11 is 0. The molecule has 0 aliphatic rings. The summed E-state index contributed by atoms with van der Waals surface area (Å²) in [5.74, 6) is 0.523. The number of hydrogen-bond acceptors (Lipinski definition) is 5. The Morgan fingerprint density at radius 3 is 2.56 bits per heavy atom. The SMILES string of the molecule is COCCOCOc1ccccc1C=CC(=O)c1ccc(CO)cc1. The van der Waals surface area contributed by atoms with Crippen LogP contribution in [0, 0.1) is 0 Å². The van der Waals surface area contributed by atoms with Gasteiger partial charge in [0.1, 0.15) is 5.75 Å². The minimum absolute atomic E-state index is 0.0402. The van der Waals surface area contributed by atoms with E-state index in [1.54, 1.807) is 37.5 Å². The highest BCUT2D eigenvalue weighted by Gasteiger charge is 2.04. The number of allylic oxidation sites excluding steroid dienone is 1. The summed E-state index contributed by atoms with van der Waals surface area (Å²) in [6, 6.07) is 14.3. The Morgan fingerprint density at radius 2 is 1.84 bits per heavy atom. The van der Waals surface area contributed by atoms with Crippen molar-refractivity contribution in [2.24, 2.45) is 0 Å². The topological polar surface area (TPSA) is 65.0 Å². The molecular formula is C20H22O5. The molecule has 132 valence electrons. The molecule has 5 heteroatoms. The number of methoxy groups -OCH3 is 1. The summed E-state index contributed by atoms with van der Waals surface area (Å²) < 4.78 is 15.8. The van der Waals surface area contributed by atoms with Gasteiger partial charge in [0.05, 0.1) is 19.8 Å². The van der Waals surface area contributed by atoms with Crippen molar-refractivity contribution >= 4 is 11.9 Å². The normalized spacial score (nSPS) is 11.0. The van der Waals surface area contributed by atoms with Crippen LogP contribution < -0.4 is 4.74 Å². The minimum atomic E-state index is -0.115. The number of carbonyl (C=O) groups excluding carboxylic acids is 1. The fraction of sp³-hybridized carbons (Fsp3) is 0.250. The Balaban J connectivity index is 1.98. The van der Waals surface area contributed by atoms with E-state index in [9.17, 15) is 4.79 Å². The Kier molecular flexibility index (Phi) is 7.85. The summed E-state index contributed by atoms with van der Waals surface area (Å²) in [6.45, 7) is 1.04. The highest BCUT2D eigenvalue weighted by molar-refractivity contribution is 6.06.